The summed E-state index contributed by atoms with van der Waals surface area (Å²) in [4.78, 5) is 15.0. The molecule has 1 fully saturated rings. The molecule has 0 bridgehead atoms. The van der Waals surface area contributed by atoms with Crippen LogP contribution in [0.4, 0.5) is 5.69 Å². The van der Waals surface area contributed by atoms with Gasteiger partial charge >= 0.3 is 0 Å². The Balaban J connectivity index is 1.83. The predicted octanol–water partition coefficient (Wildman–Crippen LogP) is 7.31. The Labute approximate surface area is 195 Å². The Kier molecular flexibility index (Phi) is 7.26. The minimum Gasteiger partial charge on any atom is -0.492 e. The number of thiocarbonyl (C=S) groups is 1. The van der Waals surface area contributed by atoms with Gasteiger partial charge in [0.1, 0.15) is 5.75 Å². The van der Waals surface area contributed by atoms with Gasteiger partial charge in [-0.1, -0.05) is 55.5 Å². The summed E-state index contributed by atoms with van der Waals surface area (Å²) >= 11 is 19.7. The minimum absolute atomic E-state index is 0.162. The summed E-state index contributed by atoms with van der Waals surface area (Å²) < 4.78 is 7.86. The average Bonchev–Trinajstić information content (AvgIpc) is 2.90. The maximum atomic E-state index is 12.9. The first-order chi connectivity index (χ1) is 13.3. The number of amides is 1. The lowest BCUT2D eigenvalue weighted by Crippen LogP contribution is -2.27. The van der Waals surface area contributed by atoms with Crippen molar-refractivity contribution in [2.75, 3.05) is 11.5 Å². The van der Waals surface area contributed by atoms with Gasteiger partial charge in [0.15, 0.2) is 4.32 Å². The van der Waals surface area contributed by atoms with Crippen molar-refractivity contribution in [1.29, 1.82) is 0 Å². The number of thioether (sulfide) groups is 1. The highest BCUT2D eigenvalue weighted by molar-refractivity contribution is 9.10. The van der Waals surface area contributed by atoms with Crippen LogP contribution in [0.5, 0.6) is 5.75 Å². The third-order valence-corrected chi connectivity index (χ3v) is 6.94. The van der Waals surface area contributed by atoms with E-state index in [4.69, 9.17) is 28.6 Å². The highest BCUT2D eigenvalue weighted by Gasteiger charge is 2.33. The fourth-order valence-corrected chi connectivity index (χ4v) is 4.68. The first-order valence-electron chi connectivity index (χ1n) is 8.41. The quantitative estimate of drug-likeness (QED) is 0.283. The van der Waals surface area contributed by atoms with E-state index in [0.717, 1.165) is 20.3 Å². The van der Waals surface area contributed by atoms with Gasteiger partial charge in [-0.15, -0.1) is 0 Å². The molecule has 146 valence electrons. The van der Waals surface area contributed by atoms with Crippen molar-refractivity contribution < 1.29 is 9.53 Å². The first kappa shape index (κ1) is 21.8. The molecule has 1 aliphatic rings. The molecule has 1 saturated heterocycles. The van der Waals surface area contributed by atoms with Gasteiger partial charge < -0.3 is 4.74 Å². The number of carbonyl (C=O) groups excluding carboxylic acids is 1. The standard InChI is InChI=1S/C20H16Br2ClNO2S2/c1-11(2)10-26-17-6-3-12(7-15(17)22)8-18-19(25)24(20(27)28-18)13-4-5-14(21)16(23)9-13/h3-9,11H,10H2,1-2H3/b18-8+. The molecule has 3 rings (SSSR count). The van der Waals surface area contributed by atoms with Crippen LogP contribution in [-0.4, -0.2) is 16.8 Å². The van der Waals surface area contributed by atoms with Gasteiger partial charge in [-0.25, -0.2) is 0 Å². The van der Waals surface area contributed by atoms with Crippen LogP contribution in [0.1, 0.15) is 19.4 Å². The summed E-state index contributed by atoms with van der Waals surface area (Å²) in [6.07, 6.45) is 1.83. The number of carbonyl (C=O) groups is 1. The molecule has 0 saturated carbocycles. The second-order valence-corrected chi connectivity index (χ2v) is 10.3. The largest absolute Gasteiger partial charge is 0.492 e. The number of halogens is 3. The molecule has 8 heteroatoms. The van der Waals surface area contributed by atoms with Crippen LogP contribution in [-0.2, 0) is 4.79 Å². The van der Waals surface area contributed by atoms with Crippen LogP contribution < -0.4 is 9.64 Å². The molecule has 0 radical (unpaired) electrons. The lowest BCUT2D eigenvalue weighted by molar-refractivity contribution is -0.113. The van der Waals surface area contributed by atoms with E-state index in [1.807, 2.05) is 24.3 Å². The van der Waals surface area contributed by atoms with Gasteiger partial charge in [0, 0.05) is 4.47 Å². The van der Waals surface area contributed by atoms with E-state index in [-0.39, 0.29) is 5.91 Å². The third-order valence-electron chi connectivity index (χ3n) is 3.78. The lowest BCUT2D eigenvalue weighted by Gasteiger charge is -2.15. The molecule has 0 unspecified atom stereocenters. The van der Waals surface area contributed by atoms with Gasteiger partial charge in [0.05, 0.1) is 26.7 Å². The van der Waals surface area contributed by atoms with Gasteiger partial charge in [-0.2, -0.15) is 0 Å². The van der Waals surface area contributed by atoms with Crippen LogP contribution in [0.3, 0.4) is 0 Å². The first-order valence-corrected chi connectivity index (χ1v) is 11.6. The predicted molar refractivity (Wildman–Crippen MR) is 129 cm³/mol. The fourth-order valence-electron chi connectivity index (χ4n) is 2.45. The minimum atomic E-state index is -0.162. The molecule has 1 heterocycles. The Morgan fingerprint density at radius 2 is 1.96 bits per heavy atom. The smallest absolute Gasteiger partial charge is 0.270 e. The van der Waals surface area contributed by atoms with Gasteiger partial charge in [0.25, 0.3) is 5.91 Å². The summed E-state index contributed by atoms with van der Waals surface area (Å²) in [7, 11) is 0. The summed E-state index contributed by atoms with van der Waals surface area (Å²) in [6.45, 7) is 4.85. The highest BCUT2D eigenvalue weighted by atomic mass is 79.9. The third kappa shape index (κ3) is 5.00. The topological polar surface area (TPSA) is 29.5 Å². The van der Waals surface area contributed by atoms with E-state index in [2.05, 4.69) is 45.7 Å². The number of benzene rings is 2. The zero-order valence-electron chi connectivity index (χ0n) is 15.0. The SMILES string of the molecule is CC(C)COc1ccc(/C=C2/SC(=S)N(c3ccc(Br)c(Cl)c3)C2=O)cc1Br. The molecule has 0 aliphatic carbocycles. The molecule has 2 aromatic rings. The fraction of sp³-hybridized carbons (Fsp3) is 0.200. The zero-order valence-corrected chi connectivity index (χ0v) is 20.6. The number of nitrogens with zero attached hydrogens (tertiary/aromatic N) is 1. The Hall–Kier alpha value is -0.860. The average molecular weight is 562 g/mol. The van der Waals surface area contributed by atoms with Crippen molar-refractivity contribution in [1.82, 2.24) is 0 Å². The normalized spacial score (nSPS) is 15.8. The molecule has 0 N–H and O–H groups in total. The molecule has 1 amide bonds. The van der Waals surface area contributed by atoms with Gasteiger partial charge in [-0.05, 0) is 79.7 Å². The summed E-state index contributed by atoms with van der Waals surface area (Å²) in [5, 5.41) is 0.524. The molecule has 0 atom stereocenters. The molecule has 0 aromatic heterocycles. The molecule has 1 aliphatic heterocycles. The lowest BCUT2D eigenvalue weighted by atomic mass is 10.2. The molecule has 0 spiro atoms. The highest BCUT2D eigenvalue weighted by Crippen LogP contribution is 2.38. The molecular formula is C20H16Br2ClNO2S2. The van der Waals surface area contributed by atoms with Crippen molar-refractivity contribution >= 4 is 89.4 Å². The van der Waals surface area contributed by atoms with Crippen molar-refractivity contribution in [3.8, 4) is 5.75 Å². The second kappa shape index (κ2) is 9.30. The molecule has 3 nitrogen and oxygen atoms in total. The van der Waals surface area contributed by atoms with E-state index in [1.165, 1.54) is 16.7 Å². The van der Waals surface area contributed by atoms with E-state index >= 15 is 0 Å². The molecule has 28 heavy (non-hydrogen) atoms. The Bertz CT molecular complexity index is 979. The maximum Gasteiger partial charge on any atom is 0.270 e. The monoisotopic (exact) mass is 559 g/mol. The maximum absolute atomic E-state index is 12.9. The summed E-state index contributed by atoms with van der Waals surface area (Å²) in [6, 6.07) is 11.1. The zero-order chi connectivity index (χ0) is 20.4. The van der Waals surface area contributed by atoms with Crippen LogP contribution in [0, 0.1) is 5.92 Å². The van der Waals surface area contributed by atoms with Gasteiger partial charge in [-0.3, -0.25) is 9.69 Å². The van der Waals surface area contributed by atoms with Crippen molar-refractivity contribution in [3.63, 3.8) is 0 Å². The molecule has 2 aromatic carbocycles. The van der Waals surface area contributed by atoms with Crippen LogP contribution in [0.15, 0.2) is 50.2 Å². The number of anilines is 1. The van der Waals surface area contributed by atoms with E-state index in [1.54, 1.807) is 18.2 Å². The number of hydrogen-bond acceptors (Lipinski definition) is 4. The molecular weight excluding hydrogens is 546 g/mol. The van der Waals surface area contributed by atoms with E-state index in [9.17, 15) is 4.79 Å². The second-order valence-electron chi connectivity index (χ2n) is 6.51. The van der Waals surface area contributed by atoms with Crippen molar-refractivity contribution in [2.45, 2.75) is 13.8 Å². The summed E-state index contributed by atoms with van der Waals surface area (Å²) in [5.41, 5.74) is 1.54. The van der Waals surface area contributed by atoms with Crippen molar-refractivity contribution in [3.05, 3.63) is 60.8 Å². The van der Waals surface area contributed by atoms with E-state index < -0.39 is 0 Å². The van der Waals surface area contributed by atoms with Crippen LogP contribution in [0.2, 0.25) is 5.02 Å². The number of rotatable bonds is 5. The summed E-state index contributed by atoms with van der Waals surface area (Å²) in [5.74, 6) is 1.06. The van der Waals surface area contributed by atoms with E-state index in [0.29, 0.717) is 32.5 Å². The number of ether oxygens (including phenoxy) is 1. The van der Waals surface area contributed by atoms with Gasteiger partial charge in [0.2, 0.25) is 0 Å². The number of hydrogen-bond donors (Lipinski definition) is 0. The Morgan fingerprint density at radius 1 is 1.21 bits per heavy atom. The van der Waals surface area contributed by atoms with Crippen LogP contribution >= 0.6 is 67.4 Å². The van der Waals surface area contributed by atoms with Crippen LogP contribution in [0.25, 0.3) is 6.08 Å². The van der Waals surface area contributed by atoms with Crippen molar-refractivity contribution in [2.24, 2.45) is 5.92 Å². The Morgan fingerprint density at radius 3 is 2.61 bits per heavy atom.